The van der Waals surface area contributed by atoms with Crippen molar-refractivity contribution in [2.24, 2.45) is 5.73 Å². The second kappa shape index (κ2) is 22.9. The number of nitrogens with one attached hydrogen (secondary N) is 2. The zero-order valence-corrected chi connectivity index (χ0v) is 27.1. The van der Waals surface area contributed by atoms with Gasteiger partial charge in [0.25, 0.3) is 5.56 Å². The van der Waals surface area contributed by atoms with Gasteiger partial charge in [0.1, 0.15) is 13.2 Å². The molecule has 14 nitrogen and oxygen atoms in total. The van der Waals surface area contributed by atoms with Crippen molar-refractivity contribution >= 4 is 34.9 Å². The molecule has 272 valence electrons. The SMILES string of the molecule is C.CC(=O)[O-].N=CN.[2H]C([2H])([2H])Oc1cc(C(=O)OCC)c(N)cc1OCc1ccccc1.[2H]C([2H])([2H])Oc1cc2c(=O)[nH]cnc2cc1OCc1ccccc1. The number of ether oxygens (including phenoxy) is 5. The molecule has 0 bridgehead atoms. The zero-order valence-electron chi connectivity index (χ0n) is 33.1. The number of aliphatic carboxylic acids is 1. The van der Waals surface area contributed by atoms with Gasteiger partial charge in [-0.1, -0.05) is 68.1 Å². The average Bonchev–Trinajstić information content (AvgIpc) is 3.11. The molecule has 0 spiro atoms. The van der Waals surface area contributed by atoms with Crippen LogP contribution in [0.3, 0.4) is 0 Å². The third kappa shape index (κ3) is 14.2. The molecule has 6 N–H and O–H groups in total. The van der Waals surface area contributed by atoms with Gasteiger partial charge < -0.3 is 50.0 Å². The second-order valence-corrected chi connectivity index (χ2v) is 9.57. The van der Waals surface area contributed by atoms with Crippen LogP contribution in [0.15, 0.2) is 96.1 Å². The van der Waals surface area contributed by atoms with E-state index in [0.717, 1.165) is 24.4 Å². The normalized spacial score (nSPS) is 11.6. The highest BCUT2D eigenvalue weighted by Crippen LogP contribution is 2.33. The van der Waals surface area contributed by atoms with Crippen LogP contribution >= 0.6 is 0 Å². The van der Waals surface area contributed by atoms with Crippen LogP contribution in [0.4, 0.5) is 5.69 Å². The highest BCUT2D eigenvalue weighted by atomic mass is 16.5. The van der Waals surface area contributed by atoms with Crippen molar-refractivity contribution in [3.05, 3.63) is 118 Å². The zero-order chi connectivity index (χ0) is 41.9. The number of fused-ring (bicyclic) bond motifs is 1. The Morgan fingerprint density at radius 2 is 1.39 bits per heavy atom. The van der Waals surface area contributed by atoms with Crippen LogP contribution in [0.25, 0.3) is 10.9 Å². The number of hydrogen-bond acceptors (Lipinski definition) is 12. The van der Waals surface area contributed by atoms with Crippen LogP contribution in [0.5, 0.6) is 23.0 Å². The van der Waals surface area contributed by atoms with Crippen molar-refractivity contribution in [1.82, 2.24) is 9.97 Å². The molecular weight excluding hydrogens is 658 g/mol. The van der Waals surface area contributed by atoms with Crippen molar-refractivity contribution in [1.29, 1.82) is 5.41 Å². The lowest BCUT2D eigenvalue weighted by Gasteiger charge is -2.14. The van der Waals surface area contributed by atoms with Crippen molar-refractivity contribution in [2.75, 3.05) is 26.4 Å². The van der Waals surface area contributed by atoms with Crippen LogP contribution < -0.4 is 41.1 Å². The number of hydrogen-bond donors (Lipinski definition) is 4. The molecule has 1 heterocycles. The fraction of sp³-hybridized carbons (Fsp3) is 0.216. The van der Waals surface area contributed by atoms with E-state index in [0.29, 0.717) is 5.52 Å². The smallest absolute Gasteiger partial charge is 0.340 e. The Balaban J connectivity index is 0.000000483. The fourth-order valence-corrected chi connectivity index (χ4v) is 3.89. The predicted octanol–water partition coefficient (Wildman–Crippen LogP) is 4.49. The first-order chi connectivity index (χ1) is 26.4. The van der Waals surface area contributed by atoms with Crippen molar-refractivity contribution in [3.8, 4) is 23.0 Å². The lowest BCUT2D eigenvalue weighted by atomic mass is 10.1. The van der Waals surface area contributed by atoms with E-state index < -0.39 is 26.0 Å². The van der Waals surface area contributed by atoms with E-state index in [4.69, 9.17) is 53.0 Å². The molecule has 0 saturated carbocycles. The Labute approximate surface area is 304 Å². The monoisotopic (exact) mass is 708 g/mol. The van der Waals surface area contributed by atoms with E-state index in [1.165, 1.54) is 30.6 Å². The van der Waals surface area contributed by atoms with E-state index in [1.54, 1.807) is 6.92 Å². The minimum atomic E-state index is -2.70. The first kappa shape index (κ1) is 33.0. The topological polar surface area (TPSA) is 225 Å². The van der Waals surface area contributed by atoms with Crippen molar-refractivity contribution in [3.63, 3.8) is 0 Å². The Bertz CT molecular complexity index is 2080. The third-order valence-corrected chi connectivity index (χ3v) is 6.01. The van der Waals surface area contributed by atoms with Gasteiger partial charge >= 0.3 is 5.97 Å². The summed E-state index contributed by atoms with van der Waals surface area (Å²) in [5, 5.41) is 15.0. The molecule has 5 rings (SSSR count). The average molecular weight is 709 g/mol. The van der Waals surface area contributed by atoms with Crippen LogP contribution in [0.1, 0.15) is 51.0 Å². The predicted molar refractivity (Wildman–Crippen MR) is 194 cm³/mol. The molecule has 4 aromatic carbocycles. The molecule has 0 atom stereocenters. The van der Waals surface area contributed by atoms with Crippen LogP contribution in [0.2, 0.25) is 0 Å². The molecule has 0 aliphatic carbocycles. The lowest BCUT2D eigenvalue weighted by molar-refractivity contribution is -0.302. The summed E-state index contributed by atoms with van der Waals surface area (Å²) in [7, 11) is -5.36. The molecule has 1 aromatic heterocycles. The molecule has 0 fully saturated rings. The summed E-state index contributed by atoms with van der Waals surface area (Å²) in [6, 6.07) is 24.1. The maximum Gasteiger partial charge on any atom is 0.340 e. The summed E-state index contributed by atoms with van der Waals surface area (Å²) in [6.07, 6.45) is 2.02. The number of esters is 1. The standard InChI is InChI=1S/C17H19NO4.C16H14N2O3.C2H4O2.CH4N2.CH4/c1-3-21-17(19)13-9-15(20-2)16(10-14(13)18)22-11-12-7-5-4-6-8-12;1-20-14-7-12-13(17-10-18-16(12)19)8-15(14)21-9-11-5-3-2-4-6-11;1-2(3)4;2-1-3;/h4-10H,3,11,18H2,1-2H3;2-8,10H,9H2,1H3,(H,17,18,19);1H3,(H,3,4);1H,(H3,2,3);1H4/p-1/i2D3;1D3;;;. The van der Waals surface area contributed by atoms with Gasteiger partial charge in [-0.15, -0.1) is 0 Å². The van der Waals surface area contributed by atoms with Crippen LogP contribution in [-0.4, -0.2) is 48.9 Å². The quantitative estimate of drug-likeness (QED) is 0.0682. The Morgan fingerprint density at radius 1 is 0.902 bits per heavy atom. The molecule has 14 heteroatoms. The summed E-state index contributed by atoms with van der Waals surface area (Å²) in [4.78, 5) is 39.2. The summed E-state index contributed by atoms with van der Waals surface area (Å²) in [5.41, 5.74) is 12.2. The van der Waals surface area contributed by atoms with Crippen molar-refractivity contribution in [2.45, 2.75) is 34.5 Å². The van der Waals surface area contributed by atoms with E-state index in [2.05, 4.69) is 15.7 Å². The number of H-pyrrole nitrogens is 1. The minimum Gasteiger partial charge on any atom is -0.550 e. The van der Waals surface area contributed by atoms with Crippen LogP contribution in [0, 0.1) is 5.41 Å². The number of aromatic amines is 1. The Morgan fingerprint density at radius 3 is 1.88 bits per heavy atom. The molecule has 0 aliphatic rings. The van der Waals surface area contributed by atoms with Crippen molar-refractivity contribution < 1.29 is 46.6 Å². The number of rotatable bonds is 10. The van der Waals surface area contributed by atoms with E-state index in [-0.39, 0.29) is 72.4 Å². The Hall–Kier alpha value is -6.57. The van der Waals surface area contributed by atoms with Gasteiger partial charge in [-0.3, -0.25) is 10.2 Å². The molecule has 0 aliphatic heterocycles. The summed E-state index contributed by atoms with van der Waals surface area (Å²) >= 11 is 0. The van der Waals surface area contributed by atoms with Gasteiger partial charge in [0.15, 0.2) is 23.0 Å². The Kier molecular flexibility index (Phi) is 14.8. The van der Waals surface area contributed by atoms with Crippen LogP contribution in [-0.2, 0) is 22.7 Å². The number of anilines is 1. The number of nitrogen functional groups attached to an aromatic ring is 1. The van der Waals surface area contributed by atoms with Gasteiger partial charge in [0.2, 0.25) is 0 Å². The van der Waals surface area contributed by atoms with Gasteiger partial charge in [-0.2, -0.15) is 0 Å². The van der Waals surface area contributed by atoms with E-state index in [1.807, 2.05) is 60.7 Å². The number of carbonyl (C=O) groups excluding carboxylic acids is 2. The van der Waals surface area contributed by atoms with Gasteiger partial charge in [0, 0.05) is 24.2 Å². The first-order valence-corrected chi connectivity index (χ1v) is 14.6. The molecule has 5 aromatic rings. The van der Waals surface area contributed by atoms with Gasteiger partial charge in [-0.05, 0) is 31.0 Å². The number of carboxylic acid groups (broad SMARTS) is 1. The molecule has 51 heavy (non-hydrogen) atoms. The number of methoxy groups -OCH3 is 2. The number of carbonyl (C=O) groups is 2. The molecule has 0 saturated heterocycles. The highest BCUT2D eigenvalue weighted by Gasteiger charge is 2.16. The summed E-state index contributed by atoms with van der Waals surface area (Å²) < 4.78 is 69.9. The summed E-state index contributed by atoms with van der Waals surface area (Å²) in [5.74, 6) is -1.54. The first-order valence-electron chi connectivity index (χ1n) is 17.6. The minimum absolute atomic E-state index is 0. The van der Waals surface area contributed by atoms with E-state index >= 15 is 0 Å². The molecular formula is C37H44N5O9-. The van der Waals surface area contributed by atoms with E-state index in [9.17, 15) is 9.59 Å². The number of carboxylic acids is 1. The van der Waals surface area contributed by atoms with Gasteiger partial charge in [0.05, 0.1) is 63.7 Å². The maximum atomic E-state index is 11.9. The summed E-state index contributed by atoms with van der Waals surface area (Å²) in [6.45, 7) is 3.22. The van der Waals surface area contributed by atoms with Gasteiger partial charge in [-0.25, -0.2) is 9.78 Å². The molecule has 0 unspecified atom stereocenters. The number of benzene rings is 4. The molecule has 0 radical (unpaired) electrons. The fourth-order valence-electron chi connectivity index (χ4n) is 3.89. The largest absolute Gasteiger partial charge is 0.550 e. The number of nitrogens with zero attached hydrogens (tertiary/aromatic N) is 1. The second-order valence-electron chi connectivity index (χ2n) is 9.57. The lowest BCUT2D eigenvalue weighted by Crippen LogP contribution is -2.16. The highest BCUT2D eigenvalue weighted by molar-refractivity contribution is 5.96. The number of aromatic nitrogens is 2. The third-order valence-electron chi connectivity index (χ3n) is 6.01. The maximum absolute atomic E-state index is 11.9. The number of nitrogens with two attached hydrogens (primary N) is 2. The molecule has 0 amide bonds.